The number of rotatable bonds is 6. The molecule has 0 aliphatic carbocycles. The van der Waals surface area contributed by atoms with E-state index in [2.05, 4.69) is 15.3 Å². The molecule has 0 bridgehead atoms. The maximum Gasteiger partial charge on any atom is 0.234 e. The minimum atomic E-state index is -0.266. The van der Waals surface area contributed by atoms with Crippen LogP contribution in [0.1, 0.15) is 11.3 Å². The molecule has 1 aliphatic heterocycles. The molecule has 1 amide bonds. The summed E-state index contributed by atoms with van der Waals surface area (Å²) < 4.78 is 1.62. The third-order valence-electron chi connectivity index (χ3n) is 5.25. The SMILES string of the molecule is O=C(CSc1nc(/C=C2\C=Nc3ccccc32)c(O)n1-c1ccccc1)Nc1ccc(Cl)cc1Cl. The number of imidazole rings is 1. The summed E-state index contributed by atoms with van der Waals surface area (Å²) in [5.41, 5.74) is 4.27. The van der Waals surface area contributed by atoms with Crippen LogP contribution in [0.4, 0.5) is 11.4 Å². The maximum absolute atomic E-state index is 12.6. The number of para-hydroxylation sites is 2. The first-order valence-electron chi connectivity index (χ1n) is 10.6. The van der Waals surface area contributed by atoms with Crippen LogP contribution in [0.3, 0.4) is 0 Å². The fourth-order valence-electron chi connectivity index (χ4n) is 3.62. The summed E-state index contributed by atoms with van der Waals surface area (Å²) in [6.45, 7) is 0. The van der Waals surface area contributed by atoms with E-state index in [4.69, 9.17) is 23.2 Å². The zero-order chi connectivity index (χ0) is 24.4. The Kier molecular flexibility index (Phi) is 6.63. The number of fused-ring (bicyclic) bond motifs is 1. The van der Waals surface area contributed by atoms with E-state index in [-0.39, 0.29) is 17.5 Å². The standard InChI is InChI=1S/C26H18Cl2N4O2S/c27-17-10-11-22(20(28)13-17)30-24(33)15-35-26-31-23(25(34)32(26)18-6-2-1-3-7-18)12-16-14-29-21-9-5-4-8-19(16)21/h1-14,34H,15H2,(H,30,33)/b16-12+. The number of hydrogen-bond acceptors (Lipinski definition) is 5. The van der Waals surface area contributed by atoms with Gasteiger partial charge in [-0.3, -0.25) is 14.4 Å². The monoisotopic (exact) mass is 520 g/mol. The number of aliphatic imine (C=N–C) groups is 1. The Labute approximate surface area is 216 Å². The molecule has 0 unspecified atom stereocenters. The fourth-order valence-corrected chi connectivity index (χ4v) is 4.89. The van der Waals surface area contributed by atoms with E-state index in [1.54, 1.807) is 35.1 Å². The average Bonchev–Trinajstić information content (AvgIpc) is 3.41. The van der Waals surface area contributed by atoms with Crippen LogP contribution in [-0.4, -0.2) is 32.5 Å². The number of allylic oxidation sites excluding steroid dienone is 1. The molecule has 1 aromatic heterocycles. The van der Waals surface area contributed by atoms with Gasteiger partial charge in [-0.05, 0) is 42.5 Å². The molecule has 1 aliphatic rings. The highest BCUT2D eigenvalue weighted by molar-refractivity contribution is 7.99. The van der Waals surface area contributed by atoms with Gasteiger partial charge in [-0.1, -0.05) is 71.4 Å². The van der Waals surface area contributed by atoms with Gasteiger partial charge in [-0.25, -0.2) is 4.98 Å². The van der Waals surface area contributed by atoms with Gasteiger partial charge < -0.3 is 10.4 Å². The summed E-state index contributed by atoms with van der Waals surface area (Å²) >= 11 is 13.3. The van der Waals surface area contributed by atoms with E-state index < -0.39 is 0 Å². The summed E-state index contributed by atoms with van der Waals surface area (Å²) in [5.74, 6) is -0.231. The van der Waals surface area contributed by atoms with Gasteiger partial charge in [0.1, 0.15) is 5.69 Å². The van der Waals surface area contributed by atoms with Crippen LogP contribution < -0.4 is 5.32 Å². The number of aromatic hydroxyl groups is 1. The minimum Gasteiger partial charge on any atom is -0.493 e. The summed E-state index contributed by atoms with van der Waals surface area (Å²) in [6.07, 6.45) is 3.55. The number of halogens is 2. The second kappa shape index (κ2) is 10.00. The van der Waals surface area contributed by atoms with Crippen molar-refractivity contribution in [2.24, 2.45) is 4.99 Å². The lowest BCUT2D eigenvalue weighted by Crippen LogP contribution is -2.14. The molecule has 0 fully saturated rings. The lowest BCUT2D eigenvalue weighted by Gasteiger charge is -2.09. The molecule has 3 aromatic carbocycles. The quantitative estimate of drug-likeness (QED) is 0.272. The van der Waals surface area contributed by atoms with Crippen LogP contribution in [0.5, 0.6) is 5.88 Å². The van der Waals surface area contributed by atoms with E-state index in [0.29, 0.717) is 26.6 Å². The molecule has 174 valence electrons. The number of benzene rings is 3. The number of hydrogen-bond donors (Lipinski definition) is 2. The van der Waals surface area contributed by atoms with E-state index in [0.717, 1.165) is 22.5 Å². The van der Waals surface area contributed by atoms with Crippen LogP contribution >= 0.6 is 35.0 Å². The van der Waals surface area contributed by atoms with E-state index in [1.807, 2.05) is 54.6 Å². The predicted molar refractivity (Wildman–Crippen MR) is 144 cm³/mol. The van der Waals surface area contributed by atoms with Gasteiger partial charge in [-0.15, -0.1) is 0 Å². The van der Waals surface area contributed by atoms with E-state index in [9.17, 15) is 9.90 Å². The third kappa shape index (κ3) is 4.98. The van der Waals surface area contributed by atoms with Crippen molar-refractivity contribution in [3.8, 4) is 11.6 Å². The van der Waals surface area contributed by atoms with Crippen LogP contribution in [0.2, 0.25) is 10.0 Å². The molecule has 35 heavy (non-hydrogen) atoms. The van der Waals surface area contributed by atoms with Crippen molar-refractivity contribution >= 4 is 70.1 Å². The number of thioether (sulfide) groups is 1. The number of aromatic nitrogens is 2. The van der Waals surface area contributed by atoms with Crippen molar-refractivity contribution in [1.82, 2.24) is 9.55 Å². The molecule has 0 saturated heterocycles. The molecule has 4 aromatic rings. The Morgan fingerprint density at radius 3 is 2.63 bits per heavy atom. The van der Waals surface area contributed by atoms with Gasteiger partial charge in [0.2, 0.25) is 11.8 Å². The van der Waals surface area contributed by atoms with Gasteiger partial charge in [0.25, 0.3) is 0 Å². The van der Waals surface area contributed by atoms with Crippen LogP contribution in [0, 0.1) is 0 Å². The number of anilines is 1. The highest BCUT2D eigenvalue weighted by Gasteiger charge is 2.20. The van der Waals surface area contributed by atoms with Crippen LogP contribution in [0.25, 0.3) is 17.3 Å². The number of amides is 1. The number of nitrogens with one attached hydrogen (secondary N) is 1. The molecule has 0 spiro atoms. The van der Waals surface area contributed by atoms with Crippen molar-refractivity contribution in [3.63, 3.8) is 0 Å². The third-order valence-corrected chi connectivity index (χ3v) is 6.74. The molecule has 0 atom stereocenters. The van der Waals surface area contributed by atoms with Gasteiger partial charge in [0.05, 0.1) is 27.8 Å². The Morgan fingerprint density at radius 1 is 1.06 bits per heavy atom. The number of carbonyl (C=O) groups excluding carboxylic acids is 1. The lowest BCUT2D eigenvalue weighted by molar-refractivity contribution is -0.113. The van der Waals surface area contributed by atoms with Gasteiger partial charge >= 0.3 is 0 Å². The first kappa shape index (κ1) is 23.2. The van der Waals surface area contributed by atoms with Crippen molar-refractivity contribution < 1.29 is 9.90 Å². The smallest absolute Gasteiger partial charge is 0.234 e. The molecule has 0 radical (unpaired) electrons. The predicted octanol–water partition coefficient (Wildman–Crippen LogP) is 6.87. The number of carbonyl (C=O) groups is 1. The molecule has 5 rings (SSSR count). The Balaban J connectivity index is 1.43. The van der Waals surface area contributed by atoms with Crippen molar-refractivity contribution in [3.05, 3.63) is 94.1 Å². The van der Waals surface area contributed by atoms with Gasteiger partial charge in [-0.2, -0.15) is 0 Å². The summed E-state index contributed by atoms with van der Waals surface area (Å²) in [5, 5.41) is 15.2. The number of nitrogens with zero attached hydrogens (tertiary/aromatic N) is 3. The van der Waals surface area contributed by atoms with Crippen LogP contribution in [-0.2, 0) is 4.79 Å². The fraction of sp³-hybridized carbons (Fsp3) is 0.0385. The van der Waals surface area contributed by atoms with Crippen molar-refractivity contribution in [2.75, 3.05) is 11.1 Å². The molecule has 2 heterocycles. The first-order chi connectivity index (χ1) is 17.0. The summed E-state index contributed by atoms with van der Waals surface area (Å²) in [4.78, 5) is 21.7. The Hall–Kier alpha value is -3.52. The highest BCUT2D eigenvalue weighted by atomic mass is 35.5. The maximum atomic E-state index is 12.6. The summed E-state index contributed by atoms with van der Waals surface area (Å²) in [6, 6.07) is 22.0. The highest BCUT2D eigenvalue weighted by Crippen LogP contribution is 2.36. The molecule has 6 nitrogen and oxygen atoms in total. The Bertz CT molecular complexity index is 1480. The topological polar surface area (TPSA) is 79.5 Å². The molecule has 2 N–H and O–H groups in total. The van der Waals surface area contributed by atoms with Crippen molar-refractivity contribution in [2.45, 2.75) is 5.16 Å². The van der Waals surface area contributed by atoms with Crippen LogP contribution in [0.15, 0.2) is 82.9 Å². The zero-order valence-electron chi connectivity index (χ0n) is 18.2. The second-order valence-corrected chi connectivity index (χ2v) is 9.40. The van der Waals surface area contributed by atoms with E-state index in [1.165, 1.54) is 11.8 Å². The molecule has 9 heteroatoms. The Morgan fingerprint density at radius 2 is 1.83 bits per heavy atom. The average molecular weight is 521 g/mol. The zero-order valence-corrected chi connectivity index (χ0v) is 20.5. The molecular formula is C26H18Cl2N4O2S. The first-order valence-corrected chi connectivity index (χ1v) is 12.3. The second-order valence-electron chi connectivity index (χ2n) is 7.61. The minimum absolute atomic E-state index is 0.0230. The van der Waals surface area contributed by atoms with E-state index >= 15 is 0 Å². The molecular weight excluding hydrogens is 503 g/mol. The lowest BCUT2D eigenvalue weighted by atomic mass is 10.1. The summed E-state index contributed by atoms with van der Waals surface area (Å²) in [7, 11) is 0. The molecule has 0 saturated carbocycles. The largest absolute Gasteiger partial charge is 0.493 e. The van der Waals surface area contributed by atoms with Gasteiger partial charge in [0, 0.05) is 22.4 Å². The normalized spacial score (nSPS) is 13.3. The van der Waals surface area contributed by atoms with Gasteiger partial charge in [0.15, 0.2) is 5.16 Å². The van der Waals surface area contributed by atoms with Crippen molar-refractivity contribution in [1.29, 1.82) is 0 Å².